The second-order valence-corrected chi connectivity index (χ2v) is 7.07. The van der Waals surface area contributed by atoms with Gasteiger partial charge < -0.3 is 9.80 Å². The molecule has 1 aliphatic heterocycles. The summed E-state index contributed by atoms with van der Waals surface area (Å²) in [7, 11) is 0. The van der Waals surface area contributed by atoms with E-state index in [1.54, 1.807) is 28.4 Å². The van der Waals surface area contributed by atoms with Crippen molar-refractivity contribution in [1.82, 2.24) is 19.7 Å². The molecule has 2 aromatic rings. The highest BCUT2D eigenvalue weighted by atomic mass is 35.5. The molecule has 1 saturated heterocycles. The van der Waals surface area contributed by atoms with Crippen LogP contribution in [0.2, 0.25) is 5.02 Å². The van der Waals surface area contributed by atoms with Crippen LogP contribution in [0.4, 0.5) is 5.13 Å². The Morgan fingerprint density at radius 1 is 1.32 bits per heavy atom. The number of piperazine rings is 1. The van der Waals surface area contributed by atoms with E-state index in [0.29, 0.717) is 18.1 Å². The maximum absolute atomic E-state index is 12.8. The fraction of sp³-hybridized carbons (Fsp3) is 0.500. The summed E-state index contributed by atoms with van der Waals surface area (Å²) in [5.41, 5.74) is -0.740. The number of hydrogen-bond donors (Lipinski definition) is 0. The van der Waals surface area contributed by atoms with E-state index in [4.69, 9.17) is 11.6 Å². The Balaban J connectivity index is 1.66. The third-order valence-corrected chi connectivity index (χ3v) is 4.93. The molecule has 1 fully saturated rings. The predicted molar refractivity (Wildman–Crippen MR) is 87.5 cm³/mol. The number of thiazole rings is 1. The van der Waals surface area contributed by atoms with Crippen molar-refractivity contribution >= 4 is 34.0 Å². The molecule has 8 heteroatoms. The molecule has 1 amide bonds. The molecule has 3 rings (SSSR count). The Kier molecular flexibility index (Phi) is 4.10. The Morgan fingerprint density at radius 3 is 2.59 bits per heavy atom. The van der Waals surface area contributed by atoms with E-state index >= 15 is 0 Å². The van der Waals surface area contributed by atoms with E-state index < -0.39 is 5.54 Å². The summed E-state index contributed by atoms with van der Waals surface area (Å²) in [6, 6.07) is 0. The lowest BCUT2D eigenvalue weighted by molar-refractivity contribution is -0.140. The molecule has 0 radical (unpaired) electrons. The first-order chi connectivity index (χ1) is 10.5. The molecule has 0 saturated carbocycles. The SMILES string of the molecule is CC(C)(C(=O)N1CCN(c2nccs2)CC1)n1cc(Cl)cn1. The van der Waals surface area contributed by atoms with Gasteiger partial charge in [-0.05, 0) is 13.8 Å². The first-order valence-electron chi connectivity index (χ1n) is 7.13. The van der Waals surface area contributed by atoms with Gasteiger partial charge in [-0.25, -0.2) is 4.98 Å². The average molecular weight is 340 g/mol. The fourth-order valence-corrected chi connectivity index (χ4v) is 3.40. The first-order valence-corrected chi connectivity index (χ1v) is 8.39. The Bertz CT molecular complexity index is 646. The van der Waals surface area contributed by atoms with Crippen LogP contribution in [0.1, 0.15) is 13.8 Å². The van der Waals surface area contributed by atoms with Gasteiger partial charge in [0.1, 0.15) is 5.54 Å². The van der Waals surface area contributed by atoms with Gasteiger partial charge in [-0.3, -0.25) is 9.48 Å². The Labute approximate surface area is 138 Å². The average Bonchev–Trinajstić information content (AvgIpc) is 3.18. The van der Waals surface area contributed by atoms with E-state index in [2.05, 4.69) is 15.0 Å². The van der Waals surface area contributed by atoms with Crippen LogP contribution < -0.4 is 4.90 Å². The molecule has 0 bridgehead atoms. The summed E-state index contributed by atoms with van der Waals surface area (Å²) < 4.78 is 1.63. The second kappa shape index (κ2) is 5.89. The molecule has 3 heterocycles. The van der Waals surface area contributed by atoms with Gasteiger partial charge in [-0.1, -0.05) is 11.6 Å². The number of hydrogen-bond acceptors (Lipinski definition) is 5. The van der Waals surface area contributed by atoms with Gasteiger partial charge in [0.25, 0.3) is 0 Å². The maximum Gasteiger partial charge on any atom is 0.250 e. The van der Waals surface area contributed by atoms with Gasteiger partial charge >= 0.3 is 0 Å². The van der Waals surface area contributed by atoms with Crippen LogP contribution in [0, 0.1) is 0 Å². The van der Waals surface area contributed by atoms with E-state index in [0.717, 1.165) is 18.2 Å². The summed E-state index contributed by atoms with van der Waals surface area (Å²) in [4.78, 5) is 21.2. The minimum atomic E-state index is -0.740. The third-order valence-electron chi connectivity index (χ3n) is 3.90. The molecular weight excluding hydrogens is 322 g/mol. The standard InChI is InChI=1S/C14H18ClN5OS/c1-14(2,20-10-11(15)9-17-20)12(21)18-4-6-19(7-5-18)13-16-3-8-22-13/h3,8-10H,4-7H2,1-2H3. The van der Waals surface area contributed by atoms with E-state index in [1.807, 2.05) is 30.3 Å². The van der Waals surface area contributed by atoms with Gasteiger partial charge in [0, 0.05) is 44.0 Å². The molecule has 2 aromatic heterocycles. The number of halogens is 1. The van der Waals surface area contributed by atoms with Crippen molar-refractivity contribution in [3.05, 3.63) is 29.0 Å². The van der Waals surface area contributed by atoms with E-state index in [-0.39, 0.29) is 5.91 Å². The third kappa shape index (κ3) is 2.83. The lowest BCUT2D eigenvalue weighted by Gasteiger charge is -2.38. The van der Waals surface area contributed by atoms with Gasteiger partial charge in [0.2, 0.25) is 5.91 Å². The highest BCUT2D eigenvalue weighted by Crippen LogP contribution is 2.23. The number of carbonyl (C=O) groups excluding carboxylic acids is 1. The second-order valence-electron chi connectivity index (χ2n) is 5.76. The van der Waals surface area contributed by atoms with Crippen molar-refractivity contribution in [2.75, 3.05) is 31.1 Å². The molecule has 1 aliphatic rings. The maximum atomic E-state index is 12.8. The van der Waals surface area contributed by atoms with Crippen molar-refractivity contribution in [2.24, 2.45) is 0 Å². The van der Waals surface area contributed by atoms with Gasteiger partial charge in [-0.15, -0.1) is 11.3 Å². The number of amides is 1. The van der Waals surface area contributed by atoms with Crippen molar-refractivity contribution in [3.63, 3.8) is 0 Å². The van der Waals surface area contributed by atoms with E-state index in [1.165, 1.54) is 0 Å². The lowest BCUT2D eigenvalue weighted by Crippen LogP contribution is -2.54. The van der Waals surface area contributed by atoms with Gasteiger partial charge in [-0.2, -0.15) is 5.10 Å². The van der Waals surface area contributed by atoms with Crippen LogP contribution in [0.15, 0.2) is 24.0 Å². The Hall–Kier alpha value is -1.60. The highest BCUT2D eigenvalue weighted by Gasteiger charge is 2.36. The number of aromatic nitrogens is 3. The highest BCUT2D eigenvalue weighted by molar-refractivity contribution is 7.13. The summed E-state index contributed by atoms with van der Waals surface area (Å²) in [6.45, 7) is 6.72. The molecule has 0 aliphatic carbocycles. The topological polar surface area (TPSA) is 54.3 Å². The van der Waals surface area contributed by atoms with Crippen LogP contribution in [-0.4, -0.2) is 51.8 Å². The Morgan fingerprint density at radius 2 is 2.05 bits per heavy atom. The minimum absolute atomic E-state index is 0.0612. The molecule has 118 valence electrons. The van der Waals surface area contributed by atoms with Crippen molar-refractivity contribution < 1.29 is 4.79 Å². The predicted octanol–water partition coefficient (Wildman–Crippen LogP) is 2.08. The minimum Gasteiger partial charge on any atom is -0.345 e. The number of carbonyl (C=O) groups is 1. The van der Waals surface area contributed by atoms with Crippen molar-refractivity contribution in [1.29, 1.82) is 0 Å². The number of nitrogens with zero attached hydrogens (tertiary/aromatic N) is 5. The fourth-order valence-electron chi connectivity index (χ4n) is 2.56. The van der Waals surface area contributed by atoms with Crippen LogP contribution in [-0.2, 0) is 10.3 Å². The molecule has 0 N–H and O–H groups in total. The molecule has 0 atom stereocenters. The number of anilines is 1. The lowest BCUT2D eigenvalue weighted by atomic mass is 10.0. The normalized spacial score (nSPS) is 16.1. The van der Waals surface area contributed by atoms with Crippen molar-refractivity contribution in [2.45, 2.75) is 19.4 Å². The first kappa shape index (κ1) is 15.3. The van der Waals surface area contributed by atoms with Gasteiger partial charge in [0.05, 0.1) is 11.2 Å². The quantitative estimate of drug-likeness (QED) is 0.859. The van der Waals surface area contributed by atoms with Crippen LogP contribution in [0.3, 0.4) is 0 Å². The summed E-state index contributed by atoms with van der Waals surface area (Å²) >= 11 is 7.54. The summed E-state index contributed by atoms with van der Waals surface area (Å²) in [5.74, 6) is 0.0612. The zero-order chi connectivity index (χ0) is 15.7. The number of rotatable bonds is 3. The van der Waals surface area contributed by atoms with Crippen LogP contribution in [0.25, 0.3) is 0 Å². The molecule has 6 nitrogen and oxygen atoms in total. The molecule has 0 aromatic carbocycles. The zero-order valence-electron chi connectivity index (χ0n) is 12.6. The largest absolute Gasteiger partial charge is 0.345 e. The van der Waals surface area contributed by atoms with Crippen LogP contribution in [0.5, 0.6) is 0 Å². The van der Waals surface area contributed by atoms with Gasteiger partial charge in [0.15, 0.2) is 5.13 Å². The molecular formula is C14H18ClN5OS. The zero-order valence-corrected chi connectivity index (χ0v) is 14.1. The monoisotopic (exact) mass is 339 g/mol. The summed E-state index contributed by atoms with van der Waals surface area (Å²) in [6.07, 6.45) is 5.05. The van der Waals surface area contributed by atoms with Crippen LogP contribution >= 0.6 is 22.9 Å². The van der Waals surface area contributed by atoms with E-state index in [9.17, 15) is 4.79 Å². The molecule has 0 unspecified atom stereocenters. The molecule has 22 heavy (non-hydrogen) atoms. The smallest absolute Gasteiger partial charge is 0.250 e. The molecule has 0 spiro atoms. The van der Waals surface area contributed by atoms with Crippen molar-refractivity contribution in [3.8, 4) is 0 Å². The summed E-state index contributed by atoms with van der Waals surface area (Å²) in [5, 5.41) is 7.70.